The maximum atomic E-state index is 12.3. The van der Waals surface area contributed by atoms with Crippen LogP contribution in [0.1, 0.15) is 47.4 Å². The molecule has 0 bridgehead atoms. The van der Waals surface area contributed by atoms with Gasteiger partial charge >= 0.3 is 0 Å². The summed E-state index contributed by atoms with van der Waals surface area (Å²) in [5, 5.41) is 2.90. The number of hydrogen-bond donors (Lipinski definition) is 1. The van der Waals surface area contributed by atoms with E-state index in [2.05, 4.69) is 5.32 Å². The maximum absolute atomic E-state index is 12.3. The Morgan fingerprint density at radius 2 is 1.80 bits per heavy atom. The molecule has 1 N–H and O–H groups in total. The number of rotatable bonds is 5. The number of nitrogens with zero attached hydrogens (tertiary/aromatic N) is 1. The Morgan fingerprint density at radius 3 is 2.35 bits per heavy atom. The summed E-state index contributed by atoms with van der Waals surface area (Å²) in [5.41, 5.74) is 1.35. The third kappa shape index (κ3) is 3.41. The topological polar surface area (TPSA) is 49.4 Å². The van der Waals surface area contributed by atoms with Crippen LogP contribution in [0, 0.1) is 0 Å². The zero-order valence-electron chi connectivity index (χ0n) is 12.0. The Labute approximate surface area is 120 Å². The van der Waals surface area contributed by atoms with Gasteiger partial charge in [-0.15, -0.1) is 0 Å². The Bertz CT molecular complexity index is 523. The van der Waals surface area contributed by atoms with Crippen molar-refractivity contribution in [3.8, 4) is 0 Å². The number of amides is 2. The molecular weight excluding hydrogens is 251 g/mol. The zero-order chi connectivity index (χ0) is 14.7. The molecule has 104 valence electrons. The lowest BCUT2D eigenvalue weighted by atomic mass is 9.91. The number of hydrogen-bond acceptors (Lipinski definition) is 2. The quantitative estimate of drug-likeness (QED) is 0.806. The molecule has 1 saturated carbocycles. The Balaban J connectivity index is 2.23. The van der Waals surface area contributed by atoms with Crippen molar-refractivity contribution in [2.24, 2.45) is 0 Å². The van der Waals surface area contributed by atoms with Crippen LogP contribution in [0.5, 0.6) is 0 Å². The first kappa shape index (κ1) is 14.6. The van der Waals surface area contributed by atoms with Gasteiger partial charge in [0, 0.05) is 30.3 Å². The van der Waals surface area contributed by atoms with Crippen LogP contribution < -0.4 is 10.8 Å². The van der Waals surface area contributed by atoms with Gasteiger partial charge in [-0.2, -0.15) is 0 Å². The summed E-state index contributed by atoms with van der Waals surface area (Å²) in [6, 6.07) is 5.13. The molecule has 1 aromatic carbocycles. The van der Waals surface area contributed by atoms with Crippen LogP contribution in [0.2, 0.25) is 0 Å². The van der Waals surface area contributed by atoms with E-state index in [1.807, 2.05) is 13.8 Å². The molecule has 0 atom stereocenters. The predicted octanol–water partition coefficient (Wildman–Crippen LogP) is 0.855. The molecule has 0 aliphatic heterocycles. The van der Waals surface area contributed by atoms with E-state index in [4.69, 9.17) is 7.85 Å². The van der Waals surface area contributed by atoms with E-state index in [0.717, 1.165) is 12.8 Å². The SMILES string of the molecule is [B]c1cc(C(=O)NC2CC2)cc(C(=O)N(CC)CC)c1. The van der Waals surface area contributed by atoms with E-state index in [1.54, 1.807) is 23.1 Å². The van der Waals surface area contributed by atoms with Gasteiger partial charge in [0.15, 0.2) is 0 Å². The van der Waals surface area contributed by atoms with Crippen LogP contribution >= 0.6 is 0 Å². The fourth-order valence-electron chi connectivity index (χ4n) is 2.10. The lowest BCUT2D eigenvalue weighted by Gasteiger charge is -2.19. The summed E-state index contributed by atoms with van der Waals surface area (Å²) in [5.74, 6) is -0.254. The van der Waals surface area contributed by atoms with Crippen molar-refractivity contribution in [1.82, 2.24) is 10.2 Å². The smallest absolute Gasteiger partial charge is 0.253 e. The highest BCUT2D eigenvalue weighted by Gasteiger charge is 2.24. The highest BCUT2D eigenvalue weighted by molar-refractivity contribution is 6.33. The average Bonchev–Trinajstić information content (AvgIpc) is 3.23. The zero-order valence-corrected chi connectivity index (χ0v) is 12.0. The van der Waals surface area contributed by atoms with E-state index in [-0.39, 0.29) is 17.9 Å². The van der Waals surface area contributed by atoms with Crippen LogP contribution in [-0.4, -0.2) is 43.7 Å². The van der Waals surface area contributed by atoms with Gasteiger partial charge in [0.25, 0.3) is 11.8 Å². The van der Waals surface area contributed by atoms with E-state index >= 15 is 0 Å². The summed E-state index contributed by atoms with van der Waals surface area (Å²) in [6.07, 6.45) is 2.05. The van der Waals surface area contributed by atoms with Crippen molar-refractivity contribution in [1.29, 1.82) is 0 Å². The van der Waals surface area contributed by atoms with Crippen molar-refractivity contribution >= 4 is 25.1 Å². The van der Waals surface area contributed by atoms with Gasteiger partial charge in [0.2, 0.25) is 0 Å². The standard InChI is InChI=1S/C15H19BN2O2/c1-3-18(4-2)15(20)11-7-10(8-12(16)9-11)14(19)17-13-5-6-13/h7-9,13H,3-6H2,1-2H3,(H,17,19). The molecule has 5 heteroatoms. The molecule has 20 heavy (non-hydrogen) atoms. The van der Waals surface area contributed by atoms with Gasteiger partial charge in [0.1, 0.15) is 7.85 Å². The molecule has 1 aliphatic carbocycles. The van der Waals surface area contributed by atoms with Gasteiger partial charge < -0.3 is 10.2 Å². The first-order valence-corrected chi connectivity index (χ1v) is 7.05. The fraction of sp³-hybridized carbons (Fsp3) is 0.467. The summed E-state index contributed by atoms with van der Waals surface area (Å²) < 4.78 is 0. The monoisotopic (exact) mass is 270 g/mol. The normalized spacial score (nSPS) is 13.9. The first-order chi connectivity index (χ1) is 9.55. The van der Waals surface area contributed by atoms with E-state index in [9.17, 15) is 9.59 Å². The van der Waals surface area contributed by atoms with Crippen LogP contribution in [0.3, 0.4) is 0 Å². The fourth-order valence-corrected chi connectivity index (χ4v) is 2.10. The molecular formula is C15H19BN2O2. The Kier molecular flexibility index (Phi) is 4.48. The molecule has 0 saturated heterocycles. The highest BCUT2D eigenvalue weighted by atomic mass is 16.2. The molecule has 2 amide bonds. The third-order valence-corrected chi connectivity index (χ3v) is 3.43. The maximum Gasteiger partial charge on any atom is 0.253 e. The number of benzene rings is 1. The minimum absolute atomic E-state index is 0.0947. The second-order valence-corrected chi connectivity index (χ2v) is 5.07. The average molecular weight is 270 g/mol. The second-order valence-electron chi connectivity index (χ2n) is 5.07. The molecule has 0 unspecified atom stereocenters. The Hall–Kier alpha value is -1.78. The lowest BCUT2D eigenvalue weighted by Crippen LogP contribution is -2.32. The van der Waals surface area contributed by atoms with Gasteiger partial charge in [-0.05, 0) is 32.8 Å². The van der Waals surface area contributed by atoms with Gasteiger partial charge in [-0.3, -0.25) is 9.59 Å². The van der Waals surface area contributed by atoms with E-state index < -0.39 is 0 Å². The minimum Gasteiger partial charge on any atom is -0.349 e. The summed E-state index contributed by atoms with van der Waals surface area (Å²) in [4.78, 5) is 26.1. The highest BCUT2D eigenvalue weighted by Crippen LogP contribution is 2.19. The summed E-state index contributed by atoms with van der Waals surface area (Å²) in [7, 11) is 5.81. The largest absolute Gasteiger partial charge is 0.349 e. The van der Waals surface area contributed by atoms with Gasteiger partial charge in [-0.25, -0.2) is 0 Å². The van der Waals surface area contributed by atoms with Gasteiger partial charge in [-0.1, -0.05) is 17.6 Å². The molecule has 1 aliphatic rings. The van der Waals surface area contributed by atoms with Crippen molar-refractivity contribution in [2.75, 3.05) is 13.1 Å². The van der Waals surface area contributed by atoms with Gasteiger partial charge in [0.05, 0.1) is 0 Å². The van der Waals surface area contributed by atoms with Crippen molar-refractivity contribution in [3.63, 3.8) is 0 Å². The molecule has 1 fully saturated rings. The summed E-state index contributed by atoms with van der Waals surface area (Å²) >= 11 is 0. The predicted molar refractivity (Wildman–Crippen MR) is 79.6 cm³/mol. The van der Waals surface area contributed by atoms with Crippen molar-refractivity contribution in [3.05, 3.63) is 29.3 Å². The molecule has 4 nitrogen and oxygen atoms in total. The first-order valence-electron chi connectivity index (χ1n) is 7.05. The molecule has 1 aromatic rings. The molecule has 0 heterocycles. The summed E-state index contributed by atoms with van der Waals surface area (Å²) in [6.45, 7) is 5.12. The van der Waals surface area contributed by atoms with Crippen LogP contribution in [0.25, 0.3) is 0 Å². The van der Waals surface area contributed by atoms with Crippen LogP contribution in [0.4, 0.5) is 0 Å². The molecule has 2 rings (SSSR count). The number of carbonyl (C=O) groups is 2. The van der Waals surface area contributed by atoms with Crippen LogP contribution in [0.15, 0.2) is 18.2 Å². The third-order valence-electron chi connectivity index (χ3n) is 3.43. The second kappa shape index (κ2) is 6.12. The molecule has 0 aromatic heterocycles. The van der Waals surface area contributed by atoms with E-state index in [0.29, 0.717) is 29.7 Å². The van der Waals surface area contributed by atoms with E-state index in [1.165, 1.54) is 0 Å². The van der Waals surface area contributed by atoms with Crippen molar-refractivity contribution < 1.29 is 9.59 Å². The number of carbonyl (C=O) groups excluding carboxylic acids is 2. The minimum atomic E-state index is -0.159. The molecule has 2 radical (unpaired) electrons. The molecule has 0 spiro atoms. The van der Waals surface area contributed by atoms with Crippen LogP contribution in [-0.2, 0) is 0 Å². The number of nitrogens with one attached hydrogen (secondary N) is 1. The Morgan fingerprint density at radius 1 is 1.20 bits per heavy atom. The van der Waals surface area contributed by atoms with Crippen molar-refractivity contribution in [2.45, 2.75) is 32.7 Å². The lowest BCUT2D eigenvalue weighted by molar-refractivity contribution is 0.0773.